The molecule has 0 fully saturated rings. The predicted molar refractivity (Wildman–Crippen MR) is 53.8 cm³/mol. The summed E-state index contributed by atoms with van der Waals surface area (Å²) in [6.45, 7) is 4.16. The van der Waals surface area contributed by atoms with Gasteiger partial charge in [-0.25, -0.2) is 0 Å². The molecule has 0 atom stereocenters. The van der Waals surface area contributed by atoms with Gasteiger partial charge in [-0.2, -0.15) is 0 Å². The highest BCUT2D eigenvalue weighted by Crippen LogP contribution is 2.35. The number of ether oxygens (including phenoxy) is 1. The van der Waals surface area contributed by atoms with E-state index >= 15 is 0 Å². The normalized spacial score (nSPS) is 10.9. The molecule has 0 saturated carbocycles. The second-order valence-corrected chi connectivity index (χ2v) is 6.01. The fourth-order valence-electron chi connectivity index (χ4n) is 0.481. The molecule has 0 aromatic rings. The predicted octanol–water partition coefficient (Wildman–Crippen LogP) is 1.40. The van der Waals surface area contributed by atoms with Crippen LogP contribution in [0.25, 0.3) is 0 Å². The Labute approximate surface area is 85.4 Å². The van der Waals surface area contributed by atoms with Gasteiger partial charge in [-0.15, -0.1) is 23.5 Å². The zero-order chi connectivity index (χ0) is 10.3. The Hall–Kier alpha value is -0.360. The molecular weight excluding hydrogens is 212 g/mol. The maximum atomic E-state index is 10.3. The Bertz CT molecular complexity index is 181. The SMILES string of the molecule is CC(C)(SCOC=O)SCC(=O)O. The Morgan fingerprint density at radius 1 is 1.54 bits per heavy atom. The molecule has 76 valence electrons. The van der Waals surface area contributed by atoms with Crippen LogP contribution in [0.3, 0.4) is 0 Å². The van der Waals surface area contributed by atoms with Gasteiger partial charge >= 0.3 is 5.97 Å². The van der Waals surface area contributed by atoms with Crippen LogP contribution in [0.2, 0.25) is 0 Å². The molecule has 1 N–H and O–H groups in total. The molecule has 0 amide bonds. The Balaban J connectivity index is 3.65. The lowest BCUT2D eigenvalue weighted by molar-refractivity contribution is -0.134. The van der Waals surface area contributed by atoms with Crippen LogP contribution in [-0.2, 0) is 14.3 Å². The zero-order valence-electron chi connectivity index (χ0n) is 7.48. The molecule has 0 heterocycles. The summed E-state index contributed by atoms with van der Waals surface area (Å²) in [5, 5.41) is 8.43. The Morgan fingerprint density at radius 3 is 2.62 bits per heavy atom. The first-order valence-corrected chi connectivity index (χ1v) is 5.50. The Morgan fingerprint density at radius 2 is 2.15 bits per heavy atom. The van der Waals surface area contributed by atoms with Gasteiger partial charge in [0.1, 0.15) is 5.94 Å². The highest BCUT2D eigenvalue weighted by atomic mass is 32.2. The van der Waals surface area contributed by atoms with E-state index < -0.39 is 5.97 Å². The van der Waals surface area contributed by atoms with Crippen LogP contribution >= 0.6 is 23.5 Å². The lowest BCUT2D eigenvalue weighted by atomic mass is 10.5. The van der Waals surface area contributed by atoms with Crippen molar-refractivity contribution in [3.63, 3.8) is 0 Å². The minimum atomic E-state index is -0.838. The van der Waals surface area contributed by atoms with Gasteiger partial charge in [0.2, 0.25) is 0 Å². The summed E-state index contributed by atoms with van der Waals surface area (Å²) in [5.74, 6) is -0.528. The summed E-state index contributed by atoms with van der Waals surface area (Å²) in [4.78, 5) is 20.1. The van der Waals surface area contributed by atoms with E-state index in [1.165, 1.54) is 23.5 Å². The number of aliphatic carboxylic acids is 1. The van der Waals surface area contributed by atoms with Crippen LogP contribution in [-0.4, -0.2) is 33.3 Å². The highest BCUT2D eigenvalue weighted by Gasteiger charge is 2.20. The van der Waals surface area contributed by atoms with Crippen molar-refractivity contribution in [1.82, 2.24) is 0 Å². The van der Waals surface area contributed by atoms with Gasteiger partial charge < -0.3 is 9.84 Å². The molecule has 0 bridgehead atoms. The molecule has 0 aliphatic heterocycles. The van der Waals surface area contributed by atoms with E-state index in [2.05, 4.69) is 4.74 Å². The Kier molecular flexibility index (Phi) is 5.98. The average Bonchev–Trinajstić information content (AvgIpc) is 2.02. The number of carboxylic acid groups (broad SMARTS) is 1. The molecule has 0 rings (SSSR count). The van der Waals surface area contributed by atoms with Crippen LogP contribution in [0.1, 0.15) is 13.8 Å². The standard InChI is InChI=1S/C7H12O4S2/c1-7(2,12-3-6(9)10)13-5-11-4-8/h4H,3,5H2,1-2H3,(H,9,10). The van der Waals surface area contributed by atoms with Crippen molar-refractivity contribution < 1.29 is 19.4 Å². The molecule has 0 aromatic carbocycles. The van der Waals surface area contributed by atoms with E-state index in [-0.39, 0.29) is 15.8 Å². The van der Waals surface area contributed by atoms with Crippen molar-refractivity contribution in [1.29, 1.82) is 0 Å². The van der Waals surface area contributed by atoms with Crippen LogP contribution in [0.4, 0.5) is 0 Å². The van der Waals surface area contributed by atoms with E-state index in [4.69, 9.17) is 5.11 Å². The average molecular weight is 224 g/mol. The summed E-state index contributed by atoms with van der Waals surface area (Å²) < 4.78 is 4.25. The number of rotatable bonds is 7. The van der Waals surface area contributed by atoms with Crippen molar-refractivity contribution in [2.45, 2.75) is 17.9 Å². The smallest absolute Gasteiger partial charge is 0.313 e. The van der Waals surface area contributed by atoms with Crippen molar-refractivity contribution in [2.75, 3.05) is 11.7 Å². The summed E-state index contributed by atoms with van der Waals surface area (Å²) in [6, 6.07) is 0. The maximum absolute atomic E-state index is 10.3. The van der Waals surface area contributed by atoms with Crippen molar-refractivity contribution in [3.8, 4) is 0 Å². The molecule has 0 saturated heterocycles. The van der Waals surface area contributed by atoms with Gasteiger partial charge in [0.15, 0.2) is 0 Å². The molecule has 13 heavy (non-hydrogen) atoms. The first-order valence-electron chi connectivity index (χ1n) is 3.53. The number of carbonyl (C=O) groups excluding carboxylic acids is 1. The van der Waals surface area contributed by atoms with Crippen LogP contribution in [0, 0.1) is 0 Å². The minimum Gasteiger partial charge on any atom is -0.481 e. The minimum absolute atomic E-state index is 0.0566. The van der Waals surface area contributed by atoms with E-state index in [1.807, 2.05) is 13.8 Å². The molecule has 0 aromatic heterocycles. The third-order valence-corrected chi connectivity index (χ3v) is 3.83. The third-order valence-electron chi connectivity index (χ3n) is 1.09. The number of thioether (sulfide) groups is 2. The number of hydrogen-bond donors (Lipinski definition) is 1. The van der Waals surface area contributed by atoms with Gasteiger partial charge in [0, 0.05) is 0 Å². The van der Waals surface area contributed by atoms with E-state index in [0.717, 1.165) is 0 Å². The van der Waals surface area contributed by atoms with E-state index in [0.29, 0.717) is 6.47 Å². The van der Waals surface area contributed by atoms with Crippen molar-refractivity contribution in [2.24, 2.45) is 0 Å². The topological polar surface area (TPSA) is 63.6 Å². The second kappa shape index (κ2) is 6.15. The zero-order valence-corrected chi connectivity index (χ0v) is 9.11. The summed E-state index contributed by atoms with van der Waals surface area (Å²) in [7, 11) is 0. The monoisotopic (exact) mass is 224 g/mol. The number of carbonyl (C=O) groups is 2. The van der Waals surface area contributed by atoms with Gasteiger partial charge in [0.05, 0.1) is 9.83 Å². The van der Waals surface area contributed by atoms with Crippen molar-refractivity contribution in [3.05, 3.63) is 0 Å². The van der Waals surface area contributed by atoms with Gasteiger partial charge in [0.25, 0.3) is 6.47 Å². The number of carboxylic acids is 1. The summed E-state index contributed by atoms with van der Waals surface area (Å²) >= 11 is 2.70. The molecule has 0 aliphatic carbocycles. The van der Waals surface area contributed by atoms with Crippen LogP contribution < -0.4 is 0 Å². The fourth-order valence-corrected chi connectivity index (χ4v) is 2.01. The molecule has 4 nitrogen and oxygen atoms in total. The lowest BCUT2D eigenvalue weighted by Gasteiger charge is -2.21. The van der Waals surface area contributed by atoms with Gasteiger partial charge in [-0.1, -0.05) is 0 Å². The number of hydrogen-bond acceptors (Lipinski definition) is 5. The fraction of sp³-hybridized carbons (Fsp3) is 0.714. The molecule has 0 spiro atoms. The summed E-state index contributed by atoms with van der Waals surface area (Å²) in [6.07, 6.45) is 0. The summed E-state index contributed by atoms with van der Waals surface area (Å²) in [5.41, 5.74) is 0. The second-order valence-electron chi connectivity index (χ2n) is 2.61. The third kappa shape index (κ3) is 7.98. The largest absolute Gasteiger partial charge is 0.481 e. The van der Waals surface area contributed by atoms with E-state index in [9.17, 15) is 9.59 Å². The first-order chi connectivity index (χ1) is 5.98. The molecule has 0 radical (unpaired) electrons. The molecule has 0 aliphatic rings. The molecular formula is C7H12O4S2. The van der Waals surface area contributed by atoms with E-state index in [1.54, 1.807) is 0 Å². The first kappa shape index (κ1) is 12.6. The quantitative estimate of drug-likeness (QED) is 0.401. The molecule has 0 unspecified atom stereocenters. The molecule has 6 heteroatoms. The van der Waals surface area contributed by atoms with Gasteiger partial charge in [-0.05, 0) is 13.8 Å². The lowest BCUT2D eigenvalue weighted by Crippen LogP contribution is -2.14. The van der Waals surface area contributed by atoms with Crippen LogP contribution in [0.15, 0.2) is 0 Å². The highest BCUT2D eigenvalue weighted by molar-refractivity contribution is 8.18. The maximum Gasteiger partial charge on any atom is 0.313 e. The van der Waals surface area contributed by atoms with Gasteiger partial charge in [-0.3, -0.25) is 9.59 Å². The van der Waals surface area contributed by atoms with Crippen molar-refractivity contribution >= 4 is 36.0 Å². The van der Waals surface area contributed by atoms with Crippen LogP contribution in [0.5, 0.6) is 0 Å².